The molecule has 6 nitrogen and oxygen atoms in total. The number of hydrogen-bond acceptors (Lipinski definition) is 4. The van der Waals surface area contributed by atoms with Crippen LogP contribution in [0.15, 0.2) is 30.6 Å². The number of anilines is 2. The monoisotopic (exact) mass is 380 g/mol. The van der Waals surface area contributed by atoms with E-state index < -0.39 is 0 Å². The Kier molecular flexibility index (Phi) is 5.97. The molecule has 148 valence electrons. The highest BCUT2D eigenvalue weighted by atomic mass is 16.2. The Morgan fingerprint density at radius 3 is 2.61 bits per heavy atom. The number of rotatable bonds is 5. The third-order valence-corrected chi connectivity index (χ3v) is 5.42. The third-order valence-electron chi connectivity index (χ3n) is 5.42. The lowest BCUT2D eigenvalue weighted by Gasteiger charge is -2.28. The van der Waals surface area contributed by atoms with E-state index in [-0.39, 0.29) is 11.8 Å². The summed E-state index contributed by atoms with van der Waals surface area (Å²) in [6, 6.07) is 6.10. The van der Waals surface area contributed by atoms with Crippen molar-refractivity contribution in [3.8, 4) is 0 Å². The first kappa shape index (κ1) is 19.9. The standard InChI is InChI=1S/C22H28N4O2/c1-5-25(6-2)18-7-8-21(15(3)11-18)24-22(28)20-13-23-12-17-14-26(16(4)27)10-9-19(17)20/h7-8,11-13H,5-6,9-10,14H2,1-4H3,(H,24,28). The number of nitrogens with one attached hydrogen (secondary N) is 1. The number of benzene rings is 1. The van der Waals surface area contributed by atoms with Crippen molar-refractivity contribution in [1.82, 2.24) is 9.88 Å². The molecule has 1 N–H and O–H groups in total. The molecule has 28 heavy (non-hydrogen) atoms. The molecule has 0 fully saturated rings. The van der Waals surface area contributed by atoms with E-state index in [9.17, 15) is 9.59 Å². The van der Waals surface area contributed by atoms with E-state index in [0.717, 1.165) is 41.2 Å². The van der Waals surface area contributed by atoms with Gasteiger partial charge in [-0.15, -0.1) is 0 Å². The third kappa shape index (κ3) is 4.01. The van der Waals surface area contributed by atoms with Gasteiger partial charge in [0.05, 0.1) is 5.56 Å². The van der Waals surface area contributed by atoms with E-state index in [1.807, 2.05) is 19.1 Å². The van der Waals surface area contributed by atoms with E-state index >= 15 is 0 Å². The van der Waals surface area contributed by atoms with Gasteiger partial charge in [0.15, 0.2) is 0 Å². The number of aryl methyl sites for hydroxylation is 1. The summed E-state index contributed by atoms with van der Waals surface area (Å²) in [6.45, 7) is 10.9. The van der Waals surface area contributed by atoms with Crippen LogP contribution in [-0.4, -0.2) is 41.3 Å². The average Bonchev–Trinajstić information content (AvgIpc) is 2.69. The van der Waals surface area contributed by atoms with Crippen molar-refractivity contribution in [2.45, 2.75) is 40.7 Å². The summed E-state index contributed by atoms with van der Waals surface area (Å²) in [5, 5.41) is 3.03. The Labute approximate surface area is 166 Å². The molecule has 0 saturated heterocycles. The zero-order valence-electron chi connectivity index (χ0n) is 17.1. The second-order valence-electron chi connectivity index (χ2n) is 7.14. The van der Waals surface area contributed by atoms with E-state index in [1.165, 1.54) is 0 Å². The highest BCUT2D eigenvalue weighted by Gasteiger charge is 2.23. The van der Waals surface area contributed by atoms with Crippen LogP contribution in [0.1, 0.15) is 47.8 Å². The van der Waals surface area contributed by atoms with Crippen LogP contribution in [0.3, 0.4) is 0 Å². The van der Waals surface area contributed by atoms with Crippen LogP contribution >= 0.6 is 0 Å². The maximum atomic E-state index is 12.9. The van der Waals surface area contributed by atoms with Crippen LogP contribution in [0.25, 0.3) is 0 Å². The topological polar surface area (TPSA) is 65.5 Å². The SMILES string of the molecule is CCN(CC)c1ccc(NC(=O)c2cncc3c2CCN(C(C)=O)C3)c(C)c1. The number of amides is 2. The van der Waals surface area contributed by atoms with Crippen molar-refractivity contribution in [1.29, 1.82) is 0 Å². The van der Waals surface area contributed by atoms with Crippen LogP contribution in [0.4, 0.5) is 11.4 Å². The molecule has 0 saturated carbocycles. The molecule has 0 aliphatic carbocycles. The van der Waals surface area contributed by atoms with E-state index in [0.29, 0.717) is 25.1 Å². The fourth-order valence-electron chi connectivity index (χ4n) is 3.72. The van der Waals surface area contributed by atoms with Gasteiger partial charge in [-0.3, -0.25) is 14.6 Å². The Balaban J connectivity index is 1.81. The summed E-state index contributed by atoms with van der Waals surface area (Å²) >= 11 is 0. The van der Waals surface area contributed by atoms with Gasteiger partial charge in [0.2, 0.25) is 5.91 Å². The van der Waals surface area contributed by atoms with Gasteiger partial charge < -0.3 is 15.1 Å². The molecule has 3 rings (SSSR count). The van der Waals surface area contributed by atoms with Gasteiger partial charge in [-0.1, -0.05) is 0 Å². The second kappa shape index (κ2) is 8.42. The largest absolute Gasteiger partial charge is 0.372 e. The highest BCUT2D eigenvalue weighted by molar-refractivity contribution is 6.05. The summed E-state index contributed by atoms with van der Waals surface area (Å²) in [4.78, 5) is 32.9. The van der Waals surface area contributed by atoms with E-state index in [2.05, 4.69) is 35.1 Å². The number of hydrogen-bond donors (Lipinski definition) is 1. The van der Waals surface area contributed by atoms with Crippen LogP contribution in [-0.2, 0) is 17.8 Å². The Hall–Kier alpha value is -2.89. The molecule has 0 spiro atoms. The predicted molar refractivity (Wildman–Crippen MR) is 112 cm³/mol. The minimum absolute atomic E-state index is 0.0458. The number of nitrogens with zero attached hydrogens (tertiary/aromatic N) is 3. The first-order chi connectivity index (χ1) is 13.4. The zero-order chi connectivity index (χ0) is 20.3. The average molecular weight is 380 g/mol. The Morgan fingerprint density at radius 1 is 1.21 bits per heavy atom. The normalized spacial score (nSPS) is 13.1. The zero-order valence-corrected chi connectivity index (χ0v) is 17.1. The summed E-state index contributed by atoms with van der Waals surface area (Å²) in [6.07, 6.45) is 4.04. The second-order valence-corrected chi connectivity index (χ2v) is 7.14. The number of carbonyl (C=O) groups is 2. The van der Waals surface area contributed by atoms with Crippen molar-refractivity contribution in [3.63, 3.8) is 0 Å². The Bertz CT molecular complexity index is 890. The summed E-state index contributed by atoms with van der Waals surface area (Å²) in [7, 11) is 0. The van der Waals surface area contributed by atoms with Gasteiger partial charge in [-0.25, -0.2) is 0 Å². The van der Waals surface area contributed by atoms with Gasteiger partial charge in [-0.05, 0) is 62.1 Å². The molecular formula is C22H28N4O2. The van der Waals surface area contributed by atoms with Crippen LogP contribution < -0.4 is 10.2 Å². The molecule has 0 bridgehead atoms. The van der Waals surface area contributed by atoms with Gasteiger partial charge in [0.25, 0.3) is 5.91 Å². The molecule has 2 heterocycles. The number of fused-ring (bicyclic) bond motifs is 1. The molecular weight excluding hydrogens is 352 g/mol. The highest BCUT2D eigenvalue weighted by Crippen LogP contribution is 2.25. The van der Waals surface area contributed by atoms with Crippen molar-refractivity contribution in [2.24, 2.45) is 0 Å². The van der Waals surface area contributed by atoms with Crippen LogP contribution in [0, 0.1) is 6.92 Å². The molecule has 1 aliphatic rings. The molecule has 1 aromatic carbocycles. The molecule has 1 aromatic heterocycles. The van der Waals surface area contributed by atoms with E-state index in [1.54, 1.807) is 24.2 Å². The molecule has 0 atom stereocenters. The molecule has 0 unspecified atom stereocenters. The minimum Gasteiger partial charge on any atom is -0.372 e. The first-order valence-corrected chi connectivity index (χ1v) is 9.82. The molecule has 2 amide bonds. The maximum absolute atomic E-state index is 12.9. The van der Waals surface area contributed by atoms with Gasteiger partial charge in [-0.2, -0.15) is 0 Å². The molecule has 2 aromatic rings. The number of carbonyl (C=O) groups excluding carboxylic acids is 2. The van der Waals surface area contributed by atoms with Gasteiger partial charge in [0, 0.05) is 56.9 Å². The predicted octanol–water partition coefficient (Wildman–Crippen LogP) is 3.39. The lowest BCUT2D eigenvalue weighted by molar-refractivity contribution is -0.129. The quantitative estimate of drug-likeness (QED) is 0.863. The lowest BCUT2D eigenvalue weighted by Crippen LogP contribution is -2.35. The van der Waals surface area contributed by atoms with Crippen LogP contribution in [0.2, 0.25) is 0 Å². The smallest absolute Gasteiger partial charge is 0.257 e. The van der Waals surface area contributed by atoms with Crippen molar-refractivity contribution < 1.29 is 9.59 Å². The fourth-order valence-corrected chi connectivity index (χ4v) is 3.72. The summed E-state index contributed by atoms with van der Waals surface area (Å²) in [5.74, 6) is -0.108. The summed E-state index contributed by atoms with van der Waals surface area (Å²) < 4.78 is 0. The fraction of sp³-hybridized carbons (Fsp3) is 0.409. The van der Waals surface area contributed by atoms with Crippen molar-refractivity contribution in [3.05, 3.63) is 52.8 Å². The molecule has 6 heteroatoms. The van der Waals surface area contributed by atoms with Crippen molar-refractivity contribution >= 4 is 23.2 Å². The minimum atomic E-state index is -0.153. The maximum Gasteiger partial charge on any atom is 0.257 e. The number of pyridine rings is 1. The van der Waals surface area contributed by atoms with E-state index in [4.69, 9.17) is 0 Å². The number of aromatic nitrogens is 1. The Morgan fingerprint density at radius 2 is 1.96 bits per heavy atom. The molecule has 1 aliphatic heterocycles. The van der Waals surface area contributed by atoms with Gasteiger partial charge >= 0.3 is 0 Å². The first-order valence-electron chi connectivity index (χ1n) is 9.82. The molecule has 0 radical (unpaired) electrons. The lowest BCUT2D eigenvalue weighted by atomic mass is 9.96. The van der Waals surface area contributed by atoms with Gasteiger partial charge in [0.1, 0.15) is 0 Å². The summed E-state index contributed by atoms with van der Waals surface area (Å²) in [5.41, 5.74) is 5.51. The van der Waals surface area contributed by atoms with Crippen LogP contribution in [0.5, 0.6) is 0 Å². The van der Waals surface area contributed by atoms with Crippen molar-refractivity contribution in [2.75, 3.05) is 29.9 Å².